The van der Waals surface area contributed by atoms with Crippen molar-refractivity contribution >= 4 is 46.4 Å². The summed E-state index contributed by atoms with van der Waals surface area (Å²) in [6, 6.07) is 9.77. The third-order valence-corrected chi connectivity index (χ3v) is 5.25. The van der Waals surface area contributed by atoms with Crippen LogP contribution in [0.25, 0.3) is 10.9 Å². The van der Waals surface area contributed by atoms with Crippen LogP contribution >= 0.6 is 23.5 Å². The molecule has 0 saturated heterocycles. The number of nitrogens with one attached hydrogen (secondary N) is 2. The van der Waals surface area contributed by atoms with Gasteiger partial charge in [-0.1, -0.05) is 11.6 Å². The number of aromatic amines is 1. The molecule has 28 heavy (non-hydrogen) atoms. The van der Waals surface area contributed by atoms with Gasteiger partial charge in [-0.2, -0.15) is 5.10 Å². The van der Waals surface area contributed by atoms with E-state index in [2.05, 4.69) is 34.6 Å². The summed E-state index contributed by atoms with van der Waals surface area (Å²) < 4.78 is 6.88. The van der Waals surface area contributed by atoms with Crippen LogP contribution in [0, 0.1) is 13.8 Å². The van der Waals surface area contributed by atoms with Crippen LogP contribution in [-0.2, 0) is 4.79 Å². The van der Waals surface area contributed by atoms with Crippen molar-refractivity contribution in [3.05, 3.63) is 46.6 Å². The van der Waals surface area contributed by atoms with E-state index in [1.807, 2.05) is 43.5 Å². The van der Waals surface area contributed by atoms with Crippen molar-refractivity contribution in [2.75, 3.05) is 33.1 Å². The average Bonchev–Trinajstić information content (AvgIpc) is 3.03. The molecule has 3 rings (SSSR count). The van der Waals surface area contributed by atoms with Gasteiger partial charge in [0.2, 0.25) is 0 Å². The maximum atomic E-state index is 10.5. The minimum atomic E-state index is 0.406. The Morgan fingerprint density at radius 1 is 1.32 bits per heavy atom. The van der Waals surface area contributed by atoms with E-state index in [9.17, 15) is 4.79 Å². The largest absolute Gasteiger partial charge is 0.495 e. The monoisotopic (exact) mass is 420 g/mol. The lowest BCUT2D eigenvalue weighted by molar-refractivity contribution is -0.107. The molecule has 0 radical (unpaired) electrons. The summed E-state index contributed by atoms with van der Waals surface area (Å²) in [5, 5.41) is 12.1. The smallest absolute Gasteiger partial charge is 0.137 e. The van der Waals surface area contributed by atoms with Crippen LogP contribution in [0.1, 0.15) is 11.3 Å². The van der Waals surface area contributed by atoms with Gasteiger partial charge in [-0.05, 0) is 68.7 Å². The number of nitrogens with zero attached hydrogens (tertiary/aromatic N) is 2. The first kappa shape index (κ1) is 22.1. The highest BCUT2D eigenvalue weighted by Gasteiger charge is 2.10. The number of rotatable bonds is 6. The molecule has 1 aromatic heterocycles. The summed E-state index contributed by atoms with van der Waals surface area (Å²) in [6.07, 6.45) is 0.899. The van der Waals surface area contributed by atoms with Crippen molar-refractivity contribution in [3.63, 3.8) is 0 Å². The fourth-order valence-electron chi connectivity index (χ4n) is 2.55. The van der Waals surface area contributed by atoms with Gasteiger partial charge in [0.05, 0.1) is 23.6 Å². The molecule has 0 unspecified atom stereocenters. The number of carbonyl (C=O) groups excluding carboxylic acids is 1. The van der Waals surface area contributed by atoms with E-state index in [-0.39, 0.29) is 0 Å². The van der Waals surface area contributed by atoms with Crippen molar-refractivity contribution in [1.29, 1.82) is 0 Å². The number of benzene rings is 2. The predicted octanol–water partition coefficient (Wildman–Crippen LogP) is 4.71. The quantitative estimate of drug-likeness (QED) is 0.444. The summed E-state index contributed by atoms with van der Waals surface area (Å²) >= 11 is 7.39. The van der Waals surface area contributed by atoms with Gasteiger partial charge >= 0.3 is 0 Å². The Morgan fingerprint density at radius 2 is 2.07 bits per heavy atom. The molecular formula is C20H25ClN4O2S. The standard InChI is InChI=1S/C12H15N3OS.C8H10ClNO/c1-8-6-10-9(2)13-14-12(10)11(7-8)17-15(3)4-5-16;1-10-6-3-4-8(11-2)7(9)5-6/h5-7H,4H2,1-3H3,(H,13,14);3-5,10H,1-2H3. The van der Waals surface area contributed by atoms with E-state index < -0.39 is 0 Å². The van der Waals surface area contributed by atoms with Gasteiger partial charge in [0.25, 0.3) is 0 Å². The Hall–Kier alpha value is -2.22. The lowest BCUT2D eigenvalue weighted by Gasteiger charge is -2.12. The average molecular weight is 421 g/mol. The highest BCUT2D eigenvalue weighted by molar-refractivity contribution is 7.97. The van der Waals surface area contributed by atoms with Crippen molar-refractivity contribution in [1.82, 2.24) is 14.5 Å². The Kier molecular flexibility index (Phi) is 8.17. The molecule has 0 spiro atoms. The van der Waals surface area contributed by atoms with E-state index in [1.165, 1.54) is 5.56 Å². The van der Waals surface area contributed by atoms with Crippen LogP contribution in [0.5, 0.6) is 5.75 Å². The molecule has 0 aliphatic heterocycles. The summed E-state index contributed by atoms with van der Waals surface area (Å²) in [7, 11) is 5.34. The second kappa shape index (κ2) is 10.4. The number of anilines is 1. The Morgan fingerprint density at radius 3 is 2.68 bits per heavy atom. The molecule has 8 heteroatoms. The molecule has 2 aromatic carbocycles. The molecule has 0 amide bonds. The number of carbonyl (C=O) groups is 1. The van der Waals surface area contributed by atoms with Gasteiger partial charge < -0.3 is 14.8 Å². The van der Waals surface area contributed by atoms with Gasteiger partial charge in [0, 0.05) is 23.8 Å². The van der Waals surface area contributed by atoms with E-state index >= 15 is 0 Å². The number of likely N-dealkylation sites (N-methyl/N-ethyl adjacent to an activating group) is 1. The van der Waals surface area contributed by atoms with Gasteiger partial charge in [0.15, 0.2) is 0 Å². The third-order valence-electron chi connectivity index (χ3n) is 3.99. The topological polar surface area (TPSA) is 70.2 Å². The number of aromatic nitrogens is 2. The SMILES string of the molecule is CNc1ccc(OC)c(Cl)c1.Cc1cc(SN(C)CC=O)c2n[nH]c(C)c2c1. The molecule has 3 aromatic rings. The van der Waals surface area contributed by atoms with Crippen LogP contribution in [0.3, 0.4) is 0 Å². The molecule has 0 fully saturated rings. The molecular weight excluding hydrogens is 396 g/mol. The van der Waals surface area contributed by atoms with Crippen LogP contribution in [0.4, 0.5) is 5.69 Å². The maximum absolute atomic E-state index is 10.5. The van der Waals surface area contributed by atoms with Crippen molar-refractivity contribution in [2.45, 2.75) is 18.7 Å². The molecule has 150 valence electrons. The first-order valence-electron chi connectivity index (χ1n) is 8.69. The molecule has 0 atom stereocenters. The molecule has 0 aliphatic rings. The molecule has 6 nitrogen and oxygen atoms in total. The van der Waals surface area contributed by atoms with Gasteiger partial charge in [0.1, 0.15) is 17.6 Å². The van der Waals surface area contributed by atoms with Gasteiger partial charge in [-0.25, -0.2) is 4.31 Å². The van der Waals surface area contributed by atoms with E-state index in [0.29, 0.717) is 17.3 Å². The summed E-state index contributed by atoms with van der Waals surface area (Å²) in [5.41, 5.74) is 4.22. The van der Waals surface area contributed by atoms with E-state index in [4.69, 9.17) is 16.3 Å². The molecule has 0 saturated carbocycles. The summed E-state index contributed by atoms with van der Waals surface area (Å²) in [4.78, 5) is 11.5. The molecule has 2 N–H and O–H groups in total. The molecule has 0 bridgehead atoms. The second-order valence-corrected chi connectivity index (χ2v) is 7.83. The van der Waals surface area contributed by atoms with Crippen molar-refractivity contribution < 1.29 is 9.53 Å². The van der Waals surface area contributed by atoms with Crippen molar-refractivity contribution in [3.8, 4) is 5.75 Å². The molecule has 0 aliphatic carbocycles. The highest BCUT2D eigenvalue weighted by Crippen LogP contribution is 2.30. The fraction of sp³-hybridized carbons (Fsp3) is 0.300. The number of ether oxygens (including phenoxy) is 1. The Balaban J connectivity index is 0.000000221. The zero-order valence-corrected chi connectivity index (χ0v) is 18.2. The Bertz CT molecular complexity index is 945. The van der Waals surface area contributed by atoms with Crippen LogP contribution < -0.4 is 10.1 Å². The normalized spacial score (nSPS) is 10.5. The number of methoxy groups -OCH3 is 1. The first-order valence-corrected chi connectivity index (χ1v) is 9.84. The lowest BCUT2D eigenvalue weighted by Crippen LogP contribution is -2.11. The zero-order valence-electron chi connectivity index (χ0n) is 16.7. The number of fused-ring (bicyclic) bond motifs is 1. The van der Waals surface area contributed by atoms with E-state index in [1.54, 1.807) is 19.1 Å². The van der Waals surface area contributed by atoms with Crippen molar-refractivity contribution in [2.24, 2.45) is 0 Å². The number of halogens is 1. The van der Waals surface area contributed by atoms with Gasteiger partial charge in [-0.15, -0.1) is 0 Å². The number of aldehydes is 1. The molecule has 1 heterocycles. The number of hydrogen-bond acceptors (Lipinski definition) is 6. The van der Waals surface area contributed by atoms with Crippen LogP contribution in [0.15, 0.2) is 35.2 Å². The third kappa shape index (κ3) is 5.64. The van der Waals surface area contributed by atoms with Crippen LogP contribution in [0.2, 0.25) is 5.02 Å². The highest BCUT2D eigenvalue weighted by atomic mass is 35.5. The Labute approximate surface area is 174 Å². The number of hydrogen-bond donors (Lipinski definition) is 2. The van der Waals surface area contributed by atoms with Gasteiger partial charge in [-0.3, -0.25) is 5.10 Å². The van der Waals surface area contributed by atoms with Crippen LogP contribution in [-0.4, -0.2) is 48.5 Å². The maximum Gasteiger partial charge on any atom is 0.137 e. The fourth-order valence-corrected chi connectivity index (χ4v) is 3.76. The zero-order chi connectivity index (χ0) is 20.7. The summed E-state index contributed by atoms with van der Waals surface area (Å²) in [5.74, 6) is 0.700. The second-order valence-electron chi connectivity index (χ2n) is 6.18. The minimum absolute atomic E-state index is 0.406. The predicted molar refractivity (Wildman–Crippen MR) is 118 cm³/mol. The van der Waals surface area contributed by atoms with E-state index in [0.717, 1.165) is 33.5 Å². The number of H-pyrrole nitrogens is 1. The minimum Gasteiger partial charge on any atom is -0.495 e. The number of aryl methyl sites for hydroxylation is 2. The summed E-state index contributed by atoms with van der Waals surface area (Å²) in [6.45, 7) is 4.48. The lowest BCUT2D eigenvalue weighted by atomic mass is 10.1. The first-order chi connectivity index (χ1) is 13.4.